The first-order chi connectivity index (χ1) is 4.00. The monoisotopic (exact) mass is 126 g/mol. The van der Waals surface area contributed by atoms with Gasteiger partial charge in [-0.25, -0.2) is 0 Å². The van der Waals surface area contributed by atoms with Crippen LogP contribution in [0.2, 0.25) is 12.1 Å². The molecule has 0 spiro atoms. The van der Waals surface area contributed by atoms with Crippen molar-refractivity contribution >= 4 is 9.52 Å². The Balaban J connectivity index is 2.00. The fourth-order valence-electron chi connectivity index (χ4n) is 1.16. The van der Waals surface area contributed by atoms with E-state index in [0.29, 0.717) is 0 Å². The number of rotatable bonds is 0. The van der Waals surface area contributed by atoms with Crippen LogP contribution in [0, 0.1) is 0 Å². The molecule has 0 amide bonds. The van der Waals surface area contributed by atoms with Crippen LogP contribution in [0.5, 0.6) is 0 Å². The molecule has 0 aromatic heterocycles. The molecule has 0 aliphatic carbocycles. The summed E-state index contributed by atoms with van der Waals surface area (Å²) in [6, 6.07) is 3.06. The van der Waals surface area contributed by atoms with Crippen LogP contribution in [0.1, 0.15) is 32.1 Å². The highest BCUT2D eigenvalue weighted by Gasteiger charge is 1.96. The van der Waals surface area contributed by atoms with Crippen molar-refractivity contribution in [3.8, 4) is 0 Å². The lowest BCUT2D eigenvalue weighted by Crippen LogP contribution is -1.93. The van der Waals surface area contributed by atoms with Gasteiger partial charge in [0.2, 0.25) is 0 Å². The molecule has 46 valence electrons. The molecular formula is C7H14Si. The molecule has 2 radical (unpaired) electrons. The van der Waals surface area contributed by atoms with Crippen molar-refractivity contribution < 1.29 is 0 Å². The van der Waals surface area contributed by atoms with Crippen LogP contribution in [0.3, 0.4) is 0 Å². The molecule has 0 aromatic carbocycles. The van der Waals surface area contributed by atoms with Gasteiger partial charge in [0.1, 0.15) is 0 Å². The molecular weight excluding hydrogens is 112 g/mol. The topological polar surface area (TPSA) is 0 Å². The highest BCUT2D eigenvalue weighted by atomic mass is 28.2. The van der Waals surface area contributed by atoms with Crippen LogP contribution in [-0.4, -0.2) is 9.52 Å². The Morgan fingerprint density at radius 1 is 0.625 bits per heavy atom. The van der Waals surface area contributed by atoms with E-state index in [1.54, 1.807) is 0 Å². The summed E-state index contributed by atoms with van der Waals surface area (Å²) in [7, 11) is 1.29. The summed E-state index contributed by atoms with van der Waals surface area (Å²) in [6.45, 7) is 0. The Hall–Kier alpha value is 0.217. The molecule has 1 rings (SSSR count). The van der Waals surface area contributed by atoms with E-state index in [9.17, 15) is 0 Å². The molecule has 0 unspecified atom stereocenters. The molecule has 1 heteroatoms. The third-order valence-electron chi connectivity index (χ3n) is 1.71. The Morgan fingerprint density at radius 3 is 1.75 bits per heavy atom. The van der Waals surface area contributed by atoms with E-state index in [2.05, 4.69) is 0 Å². The quantitative estimate of drug-likeness (QED) is 0.437. The number of hydrogen-bond donors (Lipinski definition) is 0. The molecule has 1 aliphatic heterocycles. The van der Waals surface area contributed by atoms with E-state index in [1.165, 1.54) is 53.7 Å². The van der Waals surface area contributed by atoms with Crippen LogP contribution in [-0.2, 0) is 0 Å². The van der Waals surface area contributed by atoms with Crippen molar-refractivity contribution in [2.45, 2.75) is 44.2 Å². The molecule has 0 bridgehead atoms. The van der Waals surface area contributed by atoms with Gasteiger partial charge in [0.05, 0.1) is 0 Å². The zero-order chi connectivity index (χ0) is 5.66. The molecule has 1 aliphatic rings. The van der Waals surface area contributed by atoms with Gasteiger partial charge in [-0.05, 0) is 0 Å². The Bertz CT molecular complexity index is 28.3. The fraction of sp³-hybridized carbons (Fsp3) is 1.00. The van der Waals surface area contributed by atoms with Gasteiger partial charge >= 0.3 is 0 Å². The Kier molecular flexibility index (Phi) is 3.27. The van der Waals surface area contributed by atoms with Gasteiger partial charge in [0.15, 0.2) is 0 Å². The minimum Gasteiger partial charge on any atom is -0.0612 e. The molecule has 1 heterocycles. The maximum atomic E-state index is 1.53. The lowest BCUT2D eigenvalue weighted by atomic mass is 10.2. The second kappa shape index (κ2) is 4.13. The van der Waals surface area contributed by atoms with Crippen LogP contribution in [0.15, 0.2) is 0 Å². The summed E-state index contributed by atoms with van der Waals surface area (Å²) in [4.78, 5) is 0. The predicted octanol–water partition coefficient (Wildman–Crippen LogP) is 2.49. The Labute approximate surface area is 54.5 Å². The third-order valence-corrected chi connectivity index (χ3v) is 3.12. The summed E-state index contributed by atoms with van der Waals surface area (Å²) >= 11 is 0. The second-order valence-corrected chi connectivity index (χ2v) is 4.02. The second-order valence-electron chi connectivity index (χ2n) is 2.52. The first kappa shape index (κ1) is 6.34. The maximum absolute atomic E-state index is 1.53. The minimum absolute atomic E-state index is 1.29. The van der Waals surface area contributed by atoms with Gasteiger partial charge in [-0.1, -0.05) is 44.2 Å². The third kappa shape index (κ3) is 2.51. The van der Waals surface area contributed by atoms with E-state index < -0.39 is 0 Å². The van der Waals surface area contributed by atoms with Gasteiger partial charge in [0.25, 0.3) is 0 Å². The van der Waals surface area contributed by atoms with Crippen molar-refractivity contribution in [3.63, 3.8) is 0 Å². The molecule has 0 aromatic rings. The SMILES string of the molecule is C1CCC[Si]CCC1. The van der Waals surface area contributed by atoms with Gasteiger partial charge in [-0.15, -0.1) is 0 Å². The summed E-state index contributed by atoms with van der Waals surface area (Å²) in [5.41, 5.74) is 0. The highest BCUT2D eigenvalue weighted by Crippen LogP contribution is 2.12. The largest absolute Gasteiger partial charge is 0.0612 e. The molecule has 1 saturated heterocycles. The lowest BCUT2D eigenvalue weighted by Gasteiger charge is -2.04. The van der Waals surface area contributed by atoms with E-state index in [1.807, 2.05) is 0 Å². The Morgan fingerprint density at radius 2 is 1.12 bits per heavy atom. The van der Waals surface area contributed by atoms with E-state index in [-0.39, 0.29) is 0 Å². The molecule has 0 atom stereocenters. The number of hydrogen-bond acceptors (Lipinski definition) is 0. The van der Waals surface area contributed by atoms with Gasteiger partial charge < -0.3 is 0 Å². The smallest absolute Gasteiger partial charge is 0.0378 e. The van der Waals surface area contributed by atoms with Crippen LogP contribution in [0.25, 0.3) is 0 Å². The van der Waals surface area contributed by atoms with Gasteiger partial charge in [0, 0.05) is 9.52 Å². The van der Waals surface area contributed by atoms with E-state index in [4.69, 9.17) is 0 Å². The normalized spacial score (nSPS) is 24.0. The first-order valence-corrected chi connectivity index (χ1v) is 5.12. The molecule has 8 heavy (non-hydrogen) atoms. The first-order valence-electron chi connectivity index (χ1n) is 3.71. The zero-order valence-corrected chi connectivity index (χ0v) is 6.45. The van der Waals surface area contributed by atoms with Gasteiger partial charge in [-0.3, -0.25) is 0 Å². The zero-order valence-electron chi connectivity index (χ0n) is 5.45. The van der Waals surface area contributed by atoms with E-state index in [0.717, 1.165) is 0 Å². The maximum Gasteiger partial charge on any atom is 0.0378 e. The summed E-state index contributed by atoms with van der Waals surface area (Å²) in [5.74, 6) is 0. The van der Waals surface area contributed by atoms with Crippen LogP contribution >= 0.6 is 0 Å². The fourth-order valence-corrected chi connectivity index (χ4v) is 2.41. The predicted molar refractivity (Wildman–Crippen MR) is 38.5 cm³/mol. The standard InChI is InChI=1S/C7H14Si/c1-2-4-6-8-7-5-3-1/h1-7H2. The van der Waals surface area contributed by atoms with Crippen molar-refractivity contribution in [3.05, 3.63) is 0 Å². The molecule has 0 saturated carbocycles. The molecule has 0 N–H and O–H groups in total. The van der Waals surface area contributed by atoms with Crippen molar-refractivity contribution in [1.82, 2.24) is 0 Å². The highest BCUT2D eigenvalue weighted by molar-refractivity contribution is 6.35. The van der Waals surface area contributed by atoms with Crippen LogP contribution in [0.4, 0.5) is 0 Å². The van der Waals surface area contributed by atoms with Gasteiger partial charge in [-0.2, -0.15) is 0 Å². The average molecular weight is 126 g/mol. The lowest BCUT2D eigenvalue weighted by molar-refractivity contribution is 0.640. The molecule has 1 fully saturated rings. The van der Waals surface area contributed by atoms with E-state index >= 15 is 0 Å². The minimum atomic E-state index is 1.29. The van der Waals surface area contributed by atoms with Crippen molar-refractivity contribution in [2.75, 3.05) is 0 Å². The average Bonchev–Trinajstić information content (AvgIpc) is 1.62. The summed E-state index contributed by atoms with van der Waals surface area (Å²) in [5, 5.41) is 0. The van der Waals surface area contributed by atoms with Crippen molar-refractivity contribution in [1.29, 1.82) is 0 Å². The molecule has 0 nitrogen and oxygen atoms in total. The summed E-state index contributed by atoms with van der Waals surface area (Å²) in [6.07, 6.45) is 7.54. The van der Waals surface area contributed by atoms with Crippen LogP contribution < -0.4 is 0 Å². The summed E-state index contributed by atoms with van der Waals surface area (Å²) < 4.78 is 0. The van der Waals surface area contributed by atoms with Crippen molar-refractivity contribution in [2.24, 2.45) is 0 Å².